The number of alkyl halides is 1. The average molecular weight is 240 g/mol. The smallest absolute Gasteiger partial charge is 0.0351 e. The van der Waals surface area contributed by atoms with Gasteiger partial charge in [0.1, 0.15) is 0 Å². The monoisotopic (exact) mass is 239 g/mol. The van der Waals surface area contributed by atoms with Gasteiger partial charge >= 0.3 is 0 Å². The fourth-order valence-corrected chi connectivity index (χ4v) is 2.03. The van der Waals surface area contributed by atoms with Crippen LogP contribution in [0, 0.1) is 13.8 Å². The van der Waals surface area contributed by atoms with E-state index in [-0.39, 0.29) is 0 Å². The molecule has 0 heterocycles. The van der Waals surface area contributed by atoms with Crippen molar-refractivity contribution in [3.63, 3.8) is 0 Å². The summed E-state index contributed by atoms with van der Waals surface area (Å²) in [5, 5.41) is 0. The van der Waals surface area contributed by atoms with Crippen LogP contribution in [0.25, 0.3) is 0 Å². The Kier molecular flexibility index (Phi) is 5.30. The van der Waals surface area contributed by atoms with Crippen LogP contribution in [0.5, 0.6) is 0 Å². The fraction of sp³-hybridized carbons (Fsp3) is 0.571. The first kappa shape index (κ1) is 13.5. The summed E-state index contributed by atoms with van der Waals surface area (Å²) in [5.74, 6) is 0.697. The minimum Gasteiger partial charge on any atom is -0.295 e. The molecule has 0 aromatic heterocycles. The summed E-state index contributed by atoms with van der Waals surface area (Å²) < 4.78 is 0. The van der Waals surface area contributed by atoms with Crippen LogP contribution in [0.3, 0.4) is 0 Å². The lowest BCUT2D eigenvalue weighted by molar-refractivity contribution is 0.226. The average Bonchev–Trinajstić information content (AvgIpc) is 2.22. The van der Waals surface area contributed by atoms with Crippen molar-refractivity contribution >= 4 is 11.6 Å². The van der Waals surface area contributed by atoms with Gasteiger partial charge in [-0.05, 0) is 38.8 Å². The molecule has 0 aliphatic heterocycles. The molecular weight excluding hydrogens is 218 g/mol. The van der Waals surface area contributed by atoms with Gasteiger partial charge in [-0.15, -0.1) is 11.6 Å². The molecule has 0 bridgehead atoms. The Morgan fingerprint density at radius 3 is 2.50 bits per heavy atom. The molecule has 16 heavy (non-hydrogen) atoms. The van der Waals surface area contributed by atoms with Gasteiger partial charge in [0.2, 0.25) is 0 Å². The maximum absolute atomic E-state index is 5.84. The topological polar surface area (TPSA) is 3.24 Å². The third-order valence-corrected chi connectivity index (χ3v) is 3.15. The molecule has 1 aromatic rings. The van der Waals surface area contributed by atoms with Crippen LogP contribution in [0.1, 0.15) is 30.5 Å². The number of aryl methyl sites for hydroxylation is 2. The second kappa shape index (κ2) is 6.27. The number of hydrogen-bond acceptors (Lipinski definition) is 1. The minimum absolute atomic E-state index is 0.540. The second-order valence-corrected chi connectivity index (χ2v) is 5.06. The van der Waals surface area contributed by atoms with Crippen molar-refractivity contribution in [2.24, 2.45) is 0 Å². The summed E-state index contributed by atoms with van der Waals surface area (Å²) in [5.41, 5.74) is 4.11. The van der Waals surface area contributed by atoms with Crippen molar-refractivity contribution in [3.8, 4) is 0 Å². The lowest BCUT2D eigenvalue weighted by Gasteiger charge is -2.26. The molecule has 0 N–H and O–H groups in total. The quantitative estimate of drug-likeness (QED) is 0.708. The maximum atomic E-state index is 5.84. The Morgan fingerprint density at radius 1 is 1.25 bits per heavy atom. The molecule has 0 fully saturated rings. The normalized spacial score (nSPS) is 11.4. The summed E-state index contributed by atoms with van der Waals surface area (Å²) in [4.78, 5) is 2.41. The van der Waals surface area contributed by atoms with E-state index in [2.05, 4.69) is 50.8 Å². The van der Waals surface area contributed by atoms with Gasteiger partial charge in [-0.1, -0.05) is 23.8 Å². The van der Waals surface area contributed by atoms with E-state index >= 15 is 0 Å². The van der Waals surface area contributed by atoms with Gasteiger partial charge in [-0.25, -0.2) is 0 Å². The summed E-state index contributed by atoms with van der Waals surface area (Å²) in [6, 6.07) is 7.18. The molecule has 0 aliphatic carbocycles. The van der Waals surface area contributed by atoms with E-state index in [4.69, 9.17) is 11.6 Å². The molecular formula is C14H22ClN. The van der Waals surface area contributed by atoms with E-state index in [1.807, 2.05) is 0 Å². The van der Waals surface area contributed by atoms with Crippen LogP contribution < -0.4 is 0 Å². The third-order valence-electron chi connectivity index (χ3n) is 2.98. The van der Waals surface area contributed by atoms with Crippen molar-refractivity contribution in [2.45, 2.75) is 40.3 Å². The standard InChI is InChI=1S/C14H22ClN/c1-11(2)16(8-7-15)10-14-9-12(3)5-6-13(14)4/h5-6,9,11H,7-8,10H2,1-4H3. The minimum atomic E-state index is 0.540. The SMILES string of the molecule is Cc1ccc(C)c(CN(CCCl)C(C)C)c1. The van der Waals surface area contributed by atoms with Crippen molar-refractivity contribution in [2.75, 3.05) is 12.4 Å². The Labute approximate surface area is 104 Å². The van der Waals surface area contributed by atoms with Gasteiger partial charge in [-0.2, -0.15) is 0 Å². The molecule has 0 spiro atoms. The van der Waals surface area contributed by atoms with Gasteiger partial charge < -0.3 is 0 Å². The molecule has 0 radical (unpaired) electrons. The molecule has 0 atom stereocenters. The molecule has 0 saturated carbocycles. The Bertz CT molecular complexity index is 334. The predicted octanol–water partition coefficient (Wildman–Crippen LogP) is 3.75. The molecule has 0 amide bonds. The number of hydrogen-bond donors (Lipinski definition) is 0. The van der Waals surface area contributed by atoms with Crippen molar-refractivity contribution in [1.82, 2.24) is 4.90 Å². The molecule has 0 aliphatic rings. The van der Waals surface area contributed by atoms with Crippen LogP contribution in [-0.2, 0) is 6.54 Å². The molecule has 1 nitrogen and oxygen atoms in total. The lowest BCUT2D eigenvalue weighted by Crippen LogP contribution is -2.32. The van der Waals surface area contributed by atoms with E-state index in [0.29, 0.717) is 11.9 Å². The van der Waals surface area contributed by atoms with E-state index < -0.39 is 0 Å². The van der Waals surface area contributed by atoms with Gasteiger partial charge in [0, 0.05) is 25.0 Å². The van der Waals surface area contributed by atoms with Crippen LogP contribution >= 0.6 is 11.6 Å². The third kappa shape index (κ3) is 3.80. The number of halogens is 1. The molecule has 1 rings (SSSR count). The van der Waals surface area contributed by atoms with Crippen LogP contribution in [0.4, 0.5) is 0 Å². The van der Waals surface area contributed by atoms with Crippen molar-refractivity contribution < 1.29 is 0 Å². The summed E-state index contributed by atoms with van der Waals surface area (Å²) in [6.07, 6.45) is 0. The first-order chi connectivity index (χ1) is 7.54. The van der Waals surface area contributed by atoms with Gasteiger partial charge in [0.25, 0.3) is 0 Å². The summed E-state index contributed by atoms with van der Waals surface area (Å²) in [6.45, 7) is 10.7. The number of rotatable bonds is 5. The highest BCUT2D eigenvalue weighted by molar-refractivity contribution is 6.18. The molecule has 0 unspecified atom stereocenters. The predicted molar refractivity (Wildman–Crippen MR) is 72.2 cm³/mol. The van der Waals surface area contributed by atoms with Crippen molar-refractivity contribution in [3.05, 3.63) is 34.9 Å². The van der Waals surface area contributed by atoms with Gasteiger partial charge in [0.05, 0.1) is 0 Å². The fourth-order valence-electron chi connectivity index (χ4n) is 1.82. The zero-order valence-electron chi connectivity index (χ0n) is 10.8. The highest BCUT2D eigenvalue weighted by atomic mass is 35.5. The first-order valence-electron chi connectivity index (χ1n) is 5.90. The van der Waals surface area contributed by atoms with E-state index in [9.17, 15) is 0 Å². The first-order valence-corrected chi connectivity index (χ1v) is 6.44. The zero-order chi connectivity index (χ0) is 12.1. The summed E-state index contributed by atoms with van der Waals surface area (Å²) in [7, 11) is 0. The Balaban J connectivity index is 2.80. The highest BCUT2D eigenvalue weighted by Gasteiger charge is 2.10. The largest absolute Gasteiger partial charge is 0.295 e. The zero-order valence-corrected chi connectivity index (χ0v) is 11.5. The Hall–Kier alpha value is -0.530. The van der Waals surface area contributed by atoms with Crippen LogP contribution in [0.2, 0.25) is 0 Å². The Morgan fingerprint density at radius 2 is 1.94 bits per heavy atom. The molecule has 2 heteroatoms. The van der Waals surface area contributed by atoms with Gasteiger partial charge in [0.15, 0.2) is 0 Å². The number of benzene rings is 1. The van der Waals surface area contributed by atoms with Gasteiger partial charge in [-0.3, -0.25) is 4.90 Å². The van der Waals surface area contributed by atoms with E-state index in [1.165, 1.54) is 16.7 Å². The lowest BCUT2D eigenvalue weighted by atomic mass is 10.0. The highest BCUT2D eigenvalue weighted by Crippen LogP contribution is 2.14. The van der Waals surface area contributed by atoms with E-state index in [0.717, 1.165) is 13.1 Å². The number of nitrogens with zero attached hydrogens (tertiary/aromatic N) is 1. The second-order valence-electron chi connectivity index (χ2n) is 4.68. The van der Waals surface area contributed by atoms with E-state index in [1.54, 1.807) is 0 Å². The van der Waals surface area contributed by atoms with Crippen LogP contribution in [-0.4, -0.2) is 23.4 Å². The molecule has 1 aromatic carbocycles. The maximum Gasteiger partial charge on any atom is 0.0351 e. The van der Waals surface area contributed by atoms with Crippen molar-refractivity contribution in [1.29, 1.82) is 0 Å². The molecule has 0 saturated heterocycles. The summed E-state index contributed by atoms with van der Waals surface area (Å²) >= 11 is 5.84. The molecule has 90 valence electrons. The van der Waals surface area contributed by atoms with Crippen LogP contribution in [0.15, 0.2) is 18.2 Å².